The fraction of sp³-hybridized carbons (Fsp3) is 0.429. The molecule has 1 saturated heterocycles. The SMILES string of the molecule is CC(C)c1cc(N2CCC(Cn3nc(-n4cccn4)ccc3=O)CC2)n2ncnc2n1. The fourth-order valence-electron chi connectivity index (χ4n) is 4.02. The largest absolute Gasteiger partial charge is 0.356 e. The van der Waals surface area contributed by atoms with Gasteiger partial charge in [0.15, 0.2) is 5.82 Å². The quantitative estimate of drug-likeness (QED) is 0.487. The van der Waals surface area contributed by atoms with E-state index in [0.717, 1.165) is 37.4 Å². The molecular weight excluding hydrogens is 394 g/mol. The Morgan fingerprint density at radius 1 is 1.16 bits per heavy atom. The van der Waals surface area contributed by atoms with Crippen LogP contribution in [0.5, 0.6) is 0 Å². The standard InChI is InChI=1S/C21H25N9O/c1-15(2)17-12-19(30-21(25-17)22-14-24-30)27-10-6-16(7-11-27)13-29-20(31)5-4-18(26-29)28-9-3-8-23-28/h3-5,8-9,12,14-16H,6-7,10-11,13H2,1-2H3. The zero-order valence-corrected chi connectivity index (χ0v) is 17.7. The molecule has 0 unspecified atom stereocenters. The maximum absolute atomic E-state index is 12.4. The first-order chi connectivity index (χ1) is 15.1. The third-order valence-corrected chi connectivity index (χ3v) is 5.81. The van der Waals surface area contributed by atoms with Gasteiger partial charge >= 0.3 is 0 Å². The Morgan fingerprint density at radius 3 is 2.74 bits per heavy atom. The highest BCUT2D eigenvalue weighted by Gasteiger charge is 2.23. The summed E-state index contributed by atoms with van der Waals surface area (Å²) in [4.78, 5) is 23.6. The number of nitrogens with zero attached hydrogens (tertiary/aromatic N) is 9. The van der Waals surface area contributed by atoms with Gasteiger partial charge in [0, 0.05) is 44.2 Å². The highest BCUT2D eigenvalue weighted by Crippen LogP contribution is 2.26. The normalized spacial score (nSPS) is 15.3. The lowest BCUT2D eigenvalue weighted by molar-refractivity contribution is 0.333. The second-order valence-corrected chi connectivity index (χ2v) is 8.26. The molecule has 5 heterocycles. The van der Waals surface area contributed by atoms with E-state index < -0.39 is 0 Å². The number of aromatic nitrogens is 8. The van der Waals surface area contributed by atoms with Crippen LogP contribution in [0, 0.1) is 5.92 Å². The van der Waals surface area contributed by atoms with Crippen LogP contribution in [0.3, 0.4) is 0 Å². The number of rotatable bonds is 5. The lowest BCUT2D eigenvalue weighted by Gasteiger charge is -2.33. The average Bonchev–Trinajstić information content (AvgIpc) is 3.47. The maximum atomic E-state index is 12.4. The minimum absolute atomic E-state index is 0.0848. The van der Waals surface area contributed by atoms with Crippen LogP contribution in [-0.2, 0) is 6.54 Å². The van der Waals surface area contributed by atoms with Gasteiger partial charge in [-0.1, -0.05) is 13.8 Å². The molecule has 0 atom stereocenters. The molecule has 10 heteroatoms. The second-order valence-electron chi connectivity index (χ2n) is 8.26. The Bertz CT molecular complexity index is 1230. The summed E-state index contributed by atoms with van der Waals surface area (Å²) in [5.41, 5.74) is 0.933. The Balaban J connectivity index is 1.32. The van der Waals surface area contributed by atoms with Crippen molar-refractivity contribution in [1.29, 1.82) is 0 Å². The topological polar surface area (TPSA) is 99.0 Å². The zero-order valence-electron chi connectivity index (χ0n) is 17.7. The lowest BCUT2D eigenvalue weighted by Crippen LogP contribution is -2.38. The fourth-order valence-corrected chi connectivity index (χ4v) is 4.02. The Labute approximate surface area is 179 Å². The van der Waals surface area contributed by atoms with Gasteiger partial charge in [0.05, 0.1) is 5.69 Å². The molecule has 0 saturated carbocycles. The van der Waals surface area contributed by atoms with Crippen LogP contribution in [-0.4, -0.2) is 52.2 Å². The third kappa shape index (κ3) is 3.80. The summed E-state index contributed by atoms with van der Waals surface area (Å²) in [7, 11) is 0. The molecule has 160 valence electrons. The predicted octanol–water partition coefficient (Wildman–Crippen LogP) is 1.91. The number of fused-ring (bicyclic) bond motifs is 1. The molecule has 0 bridgehead atoms. The molecule has 0 aliphatic carbocycles. The van der Waals surface area contributed by atoms with E-state index >= 15 is 0 Å². The average molecular weight is 419 g/mol. The second kappa shape index (κ2) is 7.93. The molecule has 0 spiro atoms. The van der Waals surface area contributed by atoms with Crippen molar-refractivity contribution in [2.75, 3.05) is 18.0 Å². The summed E-state index contributed by atoms with van der Waals surface area (Å²) in [5, 5.41) is 13.1. The van der Waals surface area contributed by atoms with E-state index in [1.807, 2.05) is 16.8 Å². The molecule has 4 aromatic heterocycles. The summed E-state index contributed by atoms with van der Waals surface area (Å²) in [6, 6.07) is 7.22. The van der Waals surface area contributed by atoms with Gasteiger partial charge in [0.25, 0.3) is 11.3 Å². The molecule has 31 heavy (non-hydrogen) atoms. The minimum atomic E-state index is -0.0848. The molecule has 1 fully saturated rings. The molecule has 10 nitrogen and oxygen atoms in total. The summed E-state index contributed by atoms with van der Waals surface area (Å²) in [5.74, 6) is 3.01. The van der Waals surface area contributed by atoms with Gasteiger partial charge in [-0.05, 0) is 36.8 Å². The van der Waals surface area contributed by atoms with Crippen molar-refractivity contribution in [2.45, 2.75) is 39.2 Å². The van der Waals surface area contributed by atoms with Crippen LogP contribution in [0.1, 0.15) is 38.3 Å². The number of hydrogen-bond donors (Lipinski definition) is 0. The van der Waals surface area contributed by atoms with Gasteiger partial charge in [0.1, 0.15) is 12.1 Å². The van der Waals surface area contributed by atoms with Crippen molar-refractivity contribution in [2.24, 2.45) is 5.92 Å². The first-order valence-electron chi connectivity index (χ1n) is 10.6. The molecule has 1 aliphatic heterocycles. The van der Waals surface area contributed by atoms with Crippen LogP contribution >= 0.6 is 0 Å². The third-order valence-electron chi connectivity index (χ3n) is 5.81. The monoisotopic (exact) mass is 419 g/mol. The predicted molar refractivity (Wildman–Crippen MR) is 115 cm³/mol. The van der Waals surface area contributed by atoms with Gasteiger partial charge in [0.2, 0.25) is 0 Å². The van der Waals surface area contributed by atoms with Crippen LogP contribution in [0.15, 0.2) is 47.8 Å². The molecule has 0 N–H and O–H groups in total. The molecule has 0 amide bonds. The molecule has 5 rings (SSSR count). The van der Waals surface area contributed by atoms with Crippen LogP contribution in [0.25, 0.3) is 11.6 Å². The van der Waals surface area contributed by atoms with Gasteiger partial charge < -0.3 is 4.90 Å². The van der Waals surface area contributed by atoms with E-state index in [1.54, 1.807) is 34.0 Å². The van der Waals surface area contributed by atoms with Crippen molar-refractivity contribution in [3.63, 3.8) is 0 Å². The number of hydrogen-bond acceptors (Lipinski definition) is 7. The van der Waals surface area contributed by atoms with E-state index in [-0.39, 0.29) is 5.56 Å². The van der Waals surface area contributed by atoms with Crippen LogP contribution in [0.4, 0.5) is 5.82 Å². The highest BCUT2D eigenvalue weighted by molar-refractivity contribution is 5.48. The Kier molecular flexibility index (Phi) is 4.97. The molecule has 0 radical (unpaired) electrons. The zero-order chi connectivity index (χ0) is 21.4. The maximum Gasteiger partial charge on any atom is 0.266 e. The van der Waals surface area contributed by atoms with E-state index in [4.69, 9.17) is 0 Å². The smallest absolute Gasteiger partial charge is 0.266 e. The summed E-state index contributed by atoms with van der Waals surface area (Å²) in [6.07, 6.45) is 7.00. The highest BCUT2D eigenvalue weighted by atomic mass is 16.1. The van der Waals surface area contributed by atoms with E-state index in [2.05, 4.69) is 50.1 Å². The van der Waals surface area contributed by atoms with Crippen LogP contribution in [0.2, 0.25) is 0 Å². The van der Waals surface area contributed by atoms with Gasteiger partial charge in [-0.25, -0.2) is 14.3 Å². The van der Waals surface area contributed by atoms with Crippen molar-refractivity contribution in [3.05, 3.63) is 59.0 Å². The lowest BCUT2D eigenvalue weighted by atomic mass is 9.96. The summed E-state index contributed by atoms with van der Waals surface area (Å²) < 4.78 is 5.04. The van der Waals surface area contributed by atoms with E-state index in [0.29, 0.717) is 30.0 Å². The van der Waals surface area contributed by atoms with Gasteiger partial charge in [-0.2, -0.15) is 19.7 Å². The van der Waals surface area contributed by atoms with Crippen LogP contribution < -0.4 is 10.5 Å². The van der Waals surface area contributed by atoms with E-state index in [1.165, 1.54) is 0 Å². The summed E-state index contributed by atoms with van der Waals surface area (Å²) >= 11 is 0. The van der Waals surface area contributed by atoms with Gasteiger partial charge in [-0.3, -0.25) is 4.79 Å². The first kappa shape index (κ1) is 19.4. The van der Waals surface area contributed by atoms with Crippen molar-refractivity contribution in [3.8, 4) is 5.82 Å². The Morgan fingerprint density at radius 2 is 2.00 bits per heavy atom. The van der Waals surface area contributed by atoms with Crippen molar-refractivity contribution < 1.29 is 0 Å². The molecular formula is C21H25N9O. The Hall–Kier alpha value is -3.56. The number of piperidine rings is 1. The first-order valence-corrected chi connectivity index (χ1v) is 10.6. The molecule has 1 aliphatic rings. The van der Waals surface area contributed by atoms with Crippen molar-refractivity contribution >= 4 is 11.6 Å². The van der Waals surface area contributed by atoms with Crippen molar-refractivity contribution in [1.82, 2.24) is 39.1 Å². The molecule has 0 aromatic carbocycles. The molecule has 4 aromatic rings. The van der Waals surface area contributed by atoms with Gasteiger partial charge in [-0.15, -0.1) is 5.10 Å². The van der Waals surface area contributed by atoms with E-state index in [9.17, 15) is 4.79 Å². The number of anilines is 1. The summed E-state index contributed by atoms with van der Waals surface area (Å²) in [6.45, 7) is 6.64. The minimum Gasteiger partial charge on any atom is -0.356 e.